The predicted molar refractivity (Wildman–Crippen MR) is 58.3 cm³/mol. The third kappa shape index (κ3) is 3.30. The standard InChI is InChI=1S/C8H8ClFN2O2.ClH/c9-5-1-2-8(12(13)14)6(3-5)7(11)4-10;/h1-3,7H,4,11H2;1H/t7-;/m0./s1. The first-order chi connectivity index (χ1) is 6.56. The highest BCUT2D eigenvalue weighted by atomic mass is 35.5. The Labute approximate surface area is 96.8 Å². The summed E-state index contributed by atoms with van der Waals surface area (Å²) in [5.74, 6) is 0. The molecule has 0 aromatic heterocycles. The number of alkyl halides is 1. The molecule has 0 amide bonds. The Kier molecular flexibility index (Phi) is 5.49. The van der Waals surface area contributed by atoms with Crippen molar-refractivity contribution in [1.29, 1.82) is 0 Å². The van der Waals surface area contributed by atoms with Gasteiger partial charge in [0.1, 0.15) is 6.67 Å². The maximum atomic E-state index is 12.3. The molecule has 0 fully saturated rings. The molecule has 0 heterocycles. The Bertz CT molecular complexity index is 362. The van der Waals surface area contributed by atoms with Crippen LogP contribution in [0, 0.1) is 10.1 Å². The molecule has 0 bridgehead atoms. The summed E-state index contributed by atoms with van der Waals surface area (Å²) >= 11 is 5.62. The Morgan fingerprint density at radius 1 is 1.60 bits per heavy atom. The molecule has 7 heteroatoms. The monoisotopic (exact) mass is 254 g/mol. The molecule has 0 saturated carbocycles. The SMILES string of the molecule is Cl.N[C@@H](CF)c1cc(Cl)ccc1[N+](=O)[O-]. The second kappa shape index (κ2) is 5.85. The second-order valence-corrected chi connectivity index (χ2v) is 3.16. The van der Waals surface area contributed by atoms with Crippen LogP contribution in [0.15, 0.2) is 18.2 Å². The largest absolute Gasteiger partial charge is 0.322 e. The summed E-state index contributed by atoms with van der Waals surface area (Å²) in [4.78, 5) is 9.93. The van der Waals surface area contributed by atoms with Crippen LogP contribution in [0.2, 0.25) is 5.02 Å². The van der Waals surface area contributed by atoms with E-state index in [4.69, 9.17) is 17.3 Å². The van der Waals surface area contributed by atoms with Gasteiger partial charge in [0.15, 0.2) is 0 Å². The van der Waals surface area contributed by atoms with E-state index in [1.807, 2.05) is 0 Å². The summed E-state index contributed by atoms with van der Waals surface area (Å²) in [5, 5.41) is 10.8. The molecule has 1 aromatic rings. The van der Waals surface area contributed by atoms with E-state index >= 15 is 0 Å². The Balaban J connectivity index is 0.00000196. The van der Waals surface area contributed by atoms with Crippen LogP contribution in [0.3, 0.4) is 0 Å². The van der Waals surface area contributed by atoms with Gasteiger partial charge in [0.25, 0.3) is 5.69 Å². The fourth-order valence-corrected chi connectivity index (χ4v) is 1.25. The highest BCUT2D eigenvalue weighted by Gasteiger charge is 2.19. The van der Waals surface area contributed by atoms with Gasteiger partial charge < -0.3 is 5.73 Å². The lowest BCUT2D eigenvalue weighted by Gasteiger charge is -2.07. The lowest BCUT2D eigenvalue weighted by atomic mass is 10.1. The fourth-order valence-electron chi connectivity index (χ4n) is 1.07. The Morgan fingerprint density at radius 3 is 2.67 bits per heavy atom. The van der Waals surface area contributed by atoms with Crippen molar-refractivity contribution in [2.75, 3.05) is 6.67 Å². The van der Waals surface area contributed by atoms with Gasteiger partial charge >= 0.3 is 0 Å². The van der Waals surface area contributed by atoms with E-state index in [1.54, 1.807) is 0 Å². The average Bonchev–Trinajstić information content (AvgIpc) is 2.16. The van der Waals surface area contributed by atoms with Gasteiger partial charge in [-0.25, -0.2) is 4.39 Å². The lowest BCUT2D eigenvalue weighted by molar-refractivity contribution is -0.385. The second-order valence-electron chi connectivity index (χ2n) is 2.72. The highest BCUT2D eigenvalue weighted by Crippen LogP contribution is 2.27. The molecule has 0 unspecified atom stereocenters. The maximum absolute atomic E-state index is 12.3. The van der Waals surface area contributed by atoms with Gasteiger partial charge in [-0.3, -0.25) is 10.1 Å². The average molecular weight is 255 g/mol. The molecule has 1 rings (SSSR count). The zero-order chi connectivity index (χ0) is 10.7. The van der Waals surface area contributed by atoms with Crippen LogP contribution in [0.4, 0.5) is 10.1 Å². The first-order valence-electron chi connectivity index (χ1n) is 3.81. The lowest BCUT2D eigenvalue weighted by Crippen LogP contribution is -2.14. The van der Waals surface area contributed by atoms with Crippen molar-refractivity contribution in [2.24, 2.45) is 5.73 Å². The van der Waals surface area contributed by atoms with Crippen LogP contribution in [-0.4, -0.2) is 11.6 Å². The van der Waals surface area contributed by atoms with Gasteiger partial charge in [-0.1, -0.05) is 11.6 Å². The molecule has 15 heavy (non-hydrogen) atoms. The fraction of sp³-hybridized carbons (Fsp3) is 0.250. The van der Waals surface area contributed by atoms with Crippen LogP contribution in [0.25, 0.3) is 0 Å². The number of benzene rings is 1. The van der Waals surface area contributed by atoms with Crippen molar-refractivity contribution in [1.82, 2.24) is 0 Å². The van der Waals surface area contributed by atoms with Gasteiger partial charge in [0, 0.05) is 11.1 Å². The van der Waals surface area contributed by atoms with Crippen LogP contribution < -0.4 is 5.73 Å². The van der Waals surface area contributed by atoms with Crippen molar-refractivity contribution >= 4 is 29.7 Å². The first-order valence-corrected chi connectivity index (χ1v) is 4.19. The summed E-state index contributed by atoms with van der Waals surface area (Å²) in [6, 6.07) is 2.89. The number of hydrogen-bond acceptors (Lipinski definition) is 3. The summed E-state index contributed by atoms with van der Waals surface area (Å²) in [6.45, 7) is -0.860. The molecule has 0 aliphatic heterocycles. The summed E-state index contributed by atoms with van der Waals surface area (Å²) < 4.78 is 12.3. The smallest absolute Gasteiger partial charge is 0.274 e. The van der Waals surface area contributed by atoms with Gasteiger partial charge in [-0.15, -0.1) is 12.4 Å². The van der Waals surface area contributed by atoms with Gasteiger partial charge in [0.05, 0.1) is 16.5 Å². The van der Waals surface area contributed by atoms with E-state index in [2.05, 4.69) is 0 Å². The predicted octanol–water partition coefficient (Wildman–Crippen LogP) is 2.64. The number of hydrogen-bond donors (Lipinski definition) is 1. The van der Waals surface area contributed by atoms with Crippen LogP contribution >= 0.6 is 24.0 Å². The van der Waals surface area contributed by atoms with Crippen LogP contribution in [-0.2, 0) is 0 Å². The molecular weight excluding hydrogens is 246 g/mol. The molecule has 0 saturated heterocycles. The summed E-state index contributed by atoms with van der Waals surface area (Å²) in [5.41, 5.74) is 5.27. The molecule has 1 aromatic carbocycles. The van der Waals surface area contributed by atoms with E-state index in [1.165, 1.54) is 18.2 Å². The molecule has 0 radical (unpaired) electrons. The minimum Gasteiger partial charge on any atom is -0.322 e. The molecule has 1 atom stereocenters. The zero-order valence-corrected chi connectivity index (χ0v) is 9.09. The summed E-state index contributed by atoms with van der Waals surface area (Å²) in [6.07, 6.45) is 0. The van der Waals surface area contributed by atoms with Gasteiger partial charge in [-0.2, -0.15) is 0 Å². The third-order valence-corrected chi connectivity index (χ3v) is 1.99. The molecule has 0 spiro atoms. The minimum absolute atomic E-state index is 0. The van der Waals surface area contributed by atoms with E-state index in [-0.39, 0.29) is 23.7 Å². The van der Waals surface area contributed by atoms with Gasteiger partial charge in [0.2, 0.25) is 0 Å². The van der Waals surface area contributed by atoms with E-state index in [0.29, 0.717) is 5.02 Å². The van der Waals surface area contributed by atoms with Crippen LogP contribution in [0.5, 0.6) is 0 Å². The highest BCUT2D eigenvalue weighted by molar-refractivity contribution is 6.30. The van der Waals surface area contributed by atoms with Crippen molar-refractivity contribution in [3.05, 3.63) is 38.9 Å². The van der Waals surface area contributed by atoms with Crippen molar-refractivity contribution in [3.63, 3.8) is 0 Å². The maximum Gasteiger partial charge on any atom is 0.274 e. The van der Waals surface area contributed by atoms with E-state index < -0.39 is 17.6 Å². The first kappa shape index (κ1) is 14.1. The van der Waals surface area contributed by atoms with Crippen molar-refractivity contribution in [2.45, 2.75) is 6.04 Å². The number of nitrogens with zero attached hydrogens (tertiary/aromatic N) is 1. The normalized spacial score (nSPS) is 11.7. The molecule has 2 N–H and O–H groups in total. The number of nitro benzene ring substituents is 1. The molecule has 0 aliphatic rings. The van der Waals surface area contributed by atoms with Crippen LogP contribution in [0.1, 0.15) is 11.6 Å². The van der Waals surface area contributed by atoms with E-state index in [9.17, 15) is 14.5 Å². The molecule has 84 valence electrons. The Hall–Kier alpha value is -0.910. The summed E-state index contributed by atoms with van der Waals surface area (Å²) in [7, 11) is 0. The minimum atomic E-state index is -1.01. The number of nitro groups is 1. The number of nitrogens with two attached hydrogens (primary N) is 1. The van der Waals surface area contributed by atoms with Crippen molar-refractivity contribution < 1.29 is 9.31 Å². The molecule has 0 aliphatic carbocycles. The van der Waals surface area contributed by atoms with Crippen molar-refractivity contribution in [3.8, 4) is 0 Å². The topological polar surface area (TPSA) is 69.2 Å². The molecule has 4 nitrogen and oxygen atoms in total. The van der Waals surface area contributed by atoms with Gasteiger partial charge in [-0.05, 0) is 12.1 Å². The number of halogens is 3. The zero-order valence-electron chi connectivity index (χ0n) is 7.52. The Morgan fingerprint density at radius 2 is 2.20 bits per heavy atom. The quantitative estimate of drug-likeness (QED) is 0.666. The molecular formula is C8H9Cl2FN2O2. The number of rotatable bonds is 3. The van der Waals surface area contributed by atoms with E-state index in [0.717, 1.165) is 0 Å². The third-order valence-electron chi connectivity index (χ3n) is 1.75.